The SMILES string of the molecule is Cc1cc(=O)n(C(C)C)n1C(C)C. The molecule has 0 radical (unpaired) electrons. The van der Waals surface area contributed by atoms with Crippen molar-refractivity contribution in [3.8, 4) is 0 Å². The number of nitrogens with zero attached hydrogens (tertiary/aromatic N) is 2. The van der Waals surface area contributed by atoms with Crippen LogP contribution < -0.4 is 5.56 Å². The monoisotopic (exact) mass is 182 g/mol. The van der Waals surface area contributed by atoms with Gasteiger partial charge in [-0.15, -0.1) is 0 Å². The van der Waals surface area contributed by atoms with Crippen LogP contribution in [0.15, 0.2) is 10.9 Å². The highest BCUT2D eigenvalue weighted by atomic mass is 16.1. The van der Waals surface area contributed by atoms with Gasteiger partial charge in [0.05, 0.1) is 0 Å². The highest BCUT2D eigenvalue weighted by molar-refractivity contribution is 5.01. The molecule has 0 unspecified atom stereocenters. The fourth-order valence-corrected chi connectivity index (χ4v) is 1.75. The number of hydrogen-bond donors (Lipinski definition) is 0. The van der Waals surface area contributed by atoms with Gasteiger partial charge < -0.3 is 0 Å². The Morgan fingerprint density at radius 3 is 1.85 bits per heavy atom. The van der Waals surface area contributed by atoms with Crippen molar-refractivity contribution in [2.24, 2.45) is 0 Å². The molecule has 0 bridgehead atoms. The molecule has 0 saturated heterocycles. The van der Waals surface area contributed by atoms with E-state index < -0.39 is 0 Å². The van der Waals surface area contributed by atoms with Gasteiger partial charge in [-0.25, -0.2) is 4.68 Å². The van der Waals surface area contributed by atoms with E-state index in [-0.39, 0.29) is 11.6 Å². The lowest BCUT2D eigenvalue weighted by Crippen LogP contribution is -2.26. The minimum Gasteiger partial charge on any atom is -0.284 e. The average Bonchev–Trinajstić information content (AvgIpc) is 2.24. The first kappa shape index (κ1) is 10.1. The van der Waals surface area contributed by atoms with Crippen LogP contribution in [0.4, 0.5) is 0 Å². The topological polar surface area (TPSA) is 26.9 Å². The zero-order valence-corrected chi connectivity index (χ0v) is 9.03. The van der Waals surface area contributed by atoms with E-state index >= 15 is 0 Å². The highest BCUT2D eigenvalue weighted by Crippen LogP contribution is 2.11. The molecular weight excluding hydrogens is 164 g/mol. The number of hydrogen-bond acceptors (Lipinski definition) is 1. The lowest BCUT2D eigenvalue weighted by Gasteiger charge is -2.19. The predicted octanol–water partition coefficient (Wildman–Crippen LogP) is 2.12. The Morgan fingerprint density at radius 1 is 1.08 bits per heavy atom. The number of rotatable bonds is 2. The van der Waals surface area contributed by atoms with E-state index in [2.05, 4.69) is 13.8 Å². The van der Waals surface area contributed by atoms with E-state index in [0.29, 0.717) is 6.04 Å². The standard InChI is InChI=1S/C10H18N2O/c1-7(2)11-9(5)6-10(13)12(11)8(3)4/h6-8H,1-5H3. The van der Waals surface area contributed by atoms with Crippen LogP contribution in [0.3, 0.4) is 0 Å². The second kappa shape index (κ2) is 3.40. The van der Waals surface area contributed by atoms with E-state index in [1.807, 2.05) is 25.5 Å². The Bertz CT molecular complexity index is 344. The summed E-state index contributed by atoms with van der Waals surface area (Å²) in [4.78, 5) is 11.5. The molecule has 3 nitrogen and oxygen atoms in total. The molecule has 1 aromatic heterocycles. The quantitative estimate of drug-likeness (QED) is 0.688. The second-order valence-electron chi connectivity index (χ2n) is 4.00. The van der Waals surface area contributed by atoms with E-state index in [1.165, 1.54) is 0 Å². The molecule has 1 aromatic rings. The molecule has 0 fully saturated rings. The maximum absolute atomic E-state index is 11.5. The molecule has 0 aliphatic heterocycles. The van der Waals surface area contributed by atoms with Crippen molar-refractivity contribution in [3.05, 3.63) is 22.1 Å². The summed E-state index contributed by atoms with van der Waals surface area (Å²) in [6, 6.07) is 2.26. The van der Waals surface area contributed by atoms with Gasteiger partial charge in [-0.05, 0) is 34.6 Å². The van der Waals surface area contributed by atoms with Gasteiger partial charge in [0.2, 0.25) is 0 Å². The third-order valence-corrected chi connectivity index (χ3v) is 2.13. The zero-order valence-electron chi connectivity index (χ0n) is 9.03. The van der Waals surface area contributed by atoms with Crippen molar-refractivity contribution in [1.82, 2.24) is 9.36 Å². The summed E-state index contributed by atoms with van der Waals surface area (Å²) >= 11 is 0. The molecule has 1 rings (SSSR count). The van der Waals surface area contributed by atoms with Gasteiger partial charge in [-0.1, -0.05) is 0 Å². The summed E-state index contributed by atoms with van der Waals surface area (Å²) in [5, 5.41) is 0. The van der Waals surface area contributed by atoms with Crippen LogP contribution in [0.5, 0.6) is 0 Å². The average molecular weight is 182 g/mol. The lowest BCUT2D eigenvalue weighted by molar-refractivity contribution is 0.359. The van der Waals surface area contributed by atoms with Gasteiger partial charge >= 0.3 is 0 Å². The molecule has 3 heteroatoms. The number of aromatic nitrogens is 2. The first-order valence-electron chi connectivity index (χ1n) is 4.75. The van der Waals surface area contributed by atoms with Crippen molar-refractivity contribution < 1.29 is 0 Å². The van der Waals surface area contributed by atoms with Gasteiger partial charge in [-0.2, -0.15) is 0 Å². The molecule has 0 aliphatic carbocycles. The smallest absolute Gasteiger partial charge is 0.267 e. The Balaban J connectivity index is 3.38. The van der Waals surface area contributed by atoms with E-state index in [9.17, 15) is 4.79 Å². The fraction of sp³-hybridized carbons (Fsp3) is 0.700. The van der Waals surface area contributed by atoms with E-state index in [4.69, 9.17) is 0 Å². The molecule has 13 heavy (non-hydrogen) atoms. The Hall–Kier alpha value is -0.990. The predicted molar refractivity (Wildman–Crippen MR) is 54.2 cm³/mol. The Kier molecular flexibility index (Phi) is 2.64. The van der Waals surface area contributed by atoms with Crippen LogP contribution in [-0.4, -0.2) is 9.36 Å². The molecular formula is C10H18N2O. The first-order valence-corrected chi connectivity index (χ1v) is 4.75. The van der Waals surface area contributed by atoms with Crippen LogP contribution in [0.1, 0.15) is 45.5 Å². The van der Waals surface area contributed by atoms with Gasteiger partial charge in [-0.3, -0.25) is 9.48 Å². The van der Waals surface area contributed by atoms with Crippen molar-refractivity contribution in [2.75, 3.05) is 0 Å². The van der Waals surface area contributed by atoms with Crippen LogP contribution in [0, 0.1) is 6.92 Å². The van der Waals surface area contributed by atoms with Gasteiger partial charge in [0.15, 0.2) is 0 Å². The maximum Gasteiger partial charge on any atom is 0.267 e. The molecule has 1 heterocycles. The molecule has 0 aromatic carbocycles. The van der Waals surface area contributed by atoms with Crippen molar-refractivity contribution >= 4 is 0 Å². The minimum absolute atomic E-state index is 0.0983. The fourth-order valence-electron chi connectivity index (χ4n) is 1.75. The van der Waals surface area contributed by atoms with Crippen molar-refractivity contribution in [1.29, 1.82) is 0 Å². The molecule has 0 N–H and O–H groups in total. The van der Waals surface area contributed by atoms with Crippen molar-refractivity contribution in [2.45, 2.75) is 46.7 Å². The summed E-state index contributed by atoms with van der Waals surface area (Å²) in [6.07, 6.45) is 0. The third kappa shape index (κ3) is 1.69. The molecule has 0 amide bonds. The Morgan fingerprint density at radius 2 is 1.54 bits per heavy atom. The molecule has 0 aliphatic rings. The molecule has 74 valence electrons. The Labute approximate surface area is 79.0 Å². The summed E-state index contributed by atoms with van der Waals surface area (Å²) in [5.74, 6) is 0. The molecule has 0 saturated carbocycles. The van der Waals surface area contributed by atoms with E-state index in [0.717, 1.165) is 5.69 Å². The van der Waals surface area contributed by atoms with Gasteiger partial charge in [0.1, 0.15) is 0 Å². The van der Waals surface area contributed by atoms with Crippen LogP contribution >= 0.6 is 0 Å². The third-order valence-electron chi connectivity index (χ3n) is 2.13. The normalized spacial score (nSPS) is 11.6. The largest absolute Gasteiger partial charge is 0.284 e. The lowest BCUT2D eigenvalue weighted by atomic mass is 10.4. The molecule has 0 spiro atoms. The van der Waals surface area contributed by atoms with Gasteiger partial charge in [0, 0.05) is 23.8 Å². The number of aryl methyl sites for hydroxylation is 1. The van der Waals surface area contributed by atoms with Crippen molar-refractivity contribution in [3.63, 3.8) is 0 Å². The van der Waals surface area contributed by atoms with Crippen LogP contribution in [0.2, 0.25) is 0 Å². The van der Waals surface area contributed by atoms with E-state index in [1.54, 1.807) is 10.7 Å². The maximum atomic E-state index is 11.5. The van der Waals surface area contributed by atoms with Crippen LogP contribution in [-0.2, 0) is 0 Å². The summed E-state index contributed by atoms with van der Waals surface area (Å²) in [5.41, 5.74) is 1.13. The second-order valence-corrected chi connectivity index (χ2v) is 4.00. The minimum atomic E-state index is 0.0983. The molecule has 0 atom stereocenters. The van der Waals surface area contributed by atoms with Crippen LogP contribution in [0.25, 0.3) is 0 Å². The van der Waals surface area contributed by atoms with Gasteiger partial charge in [0.25, 0.3) is 5.56 Å². The summed E-state index contributed by atoms with van der Waals surface area (Å²) in [6.45, 7) is 10.2. The summed E-state index contributed by atoms with van der Waals surface area (Å²) < 4.78 is 3.85. The first-order chi connectivity index (χ1) is 5.95. The summed E-state index contributed by atoms with van der Waals surface area (Å²) in [7, 11) is 0. The zero-order chi connectivity index (χ0) is 10.2. The highest BCUT2D eigenvalue weighted by Gasteiger charge is 2.12.